The summed E-state index contributed by atoms with van der Waals surface area (Å²) < 4.78 is 7.28. The molecular formula is C15H20ClN3O. The van der Waals surface area contributed by atoms with Gasteiger partial charge in [0.15, 0.2) is 0 Å². The lowest BCUT2D eigenvalue weighted by atomic mass is 10.1. The van der Waals surface area contributed by atoms with Gasteiger partial charge in [-0.1, -0.05) is 11.6 Å². The Hall–Kier alpha value is -1.68. The summed E-state index contributed by atoms with van der Waals surface area (Å²) >= 11 is 6.09. The highest BCUT2D eigenvalue weighted by molar-refractivity contribution is 6.30. The van der Waals surface area contributed by atoms with E-state index in [1.54, 1.807) is 7.11 Å². The third-order valence-corrected chi connectivity index (χ3v) is 3.76. The van der Waals surface area contributed by atoms with Gasteiger partial charge in [0, 0.05) is 17.6 Å². The van der Waals surface area contributed by atoms with E-state index in [2.05, 4.69) is 17.3 Å². The molecule has 0 aliphatic carbocycles. The van der Waals surface area contributed by atoms with E-state index in [0.29, 0.717) is 5.02 Å². The van der Waals surface area contributed by atoms with Gasteiger partial charge in [-0.25, -0.2) is 0 Å². The quantitative estimate of drug-likeness (QED) is 0.930. The van der Waals surface area contributed by atoms with E-state index in [1.807, 2.05) is 43.8 Å². The largest absolute Gasteiger partial charge is 0.496 e. The van der Waals surface area contributed by atoms with Gasteiger partial charge in [0.2, 0.25) is 0 Å². The van der Waals surface area contributed by atoms with Crippen LogP contribution in [0.15, 0.2) is 18.2 Å². The minimum absolute atomic E-state index is 0.0743. The minimum atomic E-state index is 0.0743. The monoisotopic (exact) mass is 293 g/mol. The van der Waals surface area contributed by atoms with Crippen molar-refractivity contribution in [1.29, 1.82) is 0 Å². The van der Waals surface area contributed by atoms with E-state index < -0.39 is 0 Å². The number of rotatable bonds is 4. The van der Waals surface area contributed by atoms with Crippen LogP contribution in [0.2, 0.25) is 5.02 Å². The lowest BCUT2D eigenvalue weighted by Crippen LogP contribution is -2.09. The lowest BCUT2D eigenvalue weighted by molar-refractivity contribution is 0.408. The van der Waals surface area contributed by atoms with Crippen molar-refractivity contribution < 1.29 is 4.74 Å². The number of nitrogens with one attached hydrogen (secondary N) is 1. The number of hydrogen-bond acceptors (Lipinski definition) is 3. The summed E-state index contributed by atoms with van der Waals surface area (Å²) in [6, 6.07) is 5.72. The fourth-order valence-electron chi connectivity index (χ4n) is 2.32. The Morgan fingerprint density at radius 1 is 1.35 bits per heavy atom. The van der Waals surface area contributed by atoms with Gasteiger partial charge in [0.1, 0.15) is 5.75 Å². The molecule has 20 heavy (non-hydrogen) atoms. The van der Waals surface area contributed by atoms with Crippen molar-refractivity contribution in [2.75, 3.05) is 12.4 Å². The molecule has 1 aromatic heterocycles. The van der Waals surface area contributed by atoms with Crippen LogP contribution >= 0.6 is 11.6 Å². The van der Waals surface area contributed by atoms with E-state index in [4.69, 9.17) is 16.3 Å². The number of nitrogens with zero attached hydrogens (tertiary/aromatic N) is 2. The fourth-order valence-corrected chi connectivity index (χ4v) is 2.50. The van der Waals surface area contributed by atoms with Crippen LogP contribution in [0.25, 0.3) is 0 Å². The van der Waals surface area contributed by atoms with Gasteiger partial charge in [-0.3, -0.25) is 4.68 Å². The van der Waals surface area contributed by atoms with Crippen molar-refractivity contribution >= 4 is 17.3 Å². The van der Waals surface area contributed by atoms with E-state index in [9.17, 15) is 0 Å². The zero-order valence-electron chi connectivity index (χ0n) is 12.5. The highest BCUT2D eigenvalue weighted by Crippen LogP contribution is 2.31. The molecular weight excluding hydrogens is 274 g/mol. The van der Waals surface area contributed by atoms with Gasteiger partial charge in [-0.2, -0.15) is 5.10 Å². The molecule has 4 nitrogen and oxygen atoms in total. The molecule has 0 bridgehead atoms. The molecule has 1 N–H and O–H groups in total. The number of ether oxygens (including phenoxy) is 1. The molecule has 1 unspecified atom stereocenters. The predicted molar refractivity (Wildman–Crippen MR) is 82.7 cm³/mol. The van der Waals surface area contributed by atoms with Gasteiger partial charge in [0.05, 0.1) is 30.2 Å². The lowest BCUT2D eigenvalue weighted by Gasteiger charge is -2.19. The van der Waals surface area contributed by atoms with E-state index in [0.717, 1.165) is 28.4 Å². The van der Waals surface area contributed by atoms with E-state index in [-0.39, 0.29) is 6.04 Å². The average Bonchev–Trinajstić information content (AvgIpc) is 2.65. The molecule has 0 radical (unpaired) electrons. The maximum absolute atomic E-state index is 6.09. The number of halogens is 1. The first-order valence-corrected chi connectivity index (χ1v) is 6.92. The van der Waals surface area contributed by atoms with E-state index in [1.165, 1.54) is 0 Å². The zero-order valence-corrected chi connectivity index (χ0v) is 13.2. The van der Waals surface area contributed by atoms with Crippen LogP contribution in [0, 0.1) is 13.8 Å². The average molecular weight is 294 g/mol. The summed E-state index contributed by atoms with van der Waals surface area (Å²) in [5, 5.41) is 8.61. The number of aromatic nitrogens is 2. The first-order chi connectivity index (χ1) is 9.43. The summed E-state index contributed by atoms with van der Waals surface area (Å²) in [4.78, 5) is 0. The predicted octanol–water partition coefficient (Wildman–Crippen LogP) is 3.87. The number of benzene rings is 1. The summed E-state index contributed by atoms with van der Waals surface area (Å²) in [6.07, 6.45) is 0. The molecule has 0 aliphatic rings. The van der Waals surface area contributed by atoms with Crippen LogP contribution in [0.4, 0.5) is 5.69 Å². The normalized spacial score (nSPS) is 12.3. The van der Waals surface area contributed by atoms with Crippen molar-refractivity contribution in [3.63, 3.8) is 0 Å². The third kappa shape index (κ3) is 2.75. The molecule has 0 saturated carbocycles. The smallest absolute Gasteiger partial charge is 0.124 e. The Bertz CT molecular complexity index is 622. The Balaban J connectivity index is 2.32. The Morgan fingerprint density at radius 2 is 2.05 bits per heavy atom. The van der Waals surface area contributed by atoms with Crippen molar-refractivity contribution in [2.24, 2.45) is 7.05 Å². The number of methoxy groups -OCH3 is 1. The van der Waals surface area contributed by atoms with Crippen LogP contribution in [0.5, 0.6) is 5.75 Å². The molecule has 5 heteroatoms. The van der Waals surface area contributed by atoms with Crippen molar-refractivity contribution in [2.45, 2.75) is 26.8 Å². The SMILES string of the molecule is COc1ccc(Cl)cc1C(C)Nc1c(C)nn(C)c1C. The fraction of sp³-hybridized carbons (Fsp3) is 0.400. The van der Waals surface area contributed by atoms with Gasteiger partial charge in [0.25, 0.3) is 0 Å². The summed E-state index contributed by atoms with van der Waals surface area (Å²) in [7, 11) is 3.61. The second-order valence-electron chi connectivity index (χ2n) is 4.92. The number of hydrogen-bond donors (Lipinski definition) is 1. The molecule has 0 fully saturated rings. The Morgan fingerprint density at radius 3 is 2.60 bits per heavy atom. The van der Waals surface area contributed by atoms with Crippen LogP contribution in [0.3, 0.4) is 0 Å². The molecule has 1 atom stereocenters. The molecule has 0 saturated heterocycles. The van der Waals surface area contributed by atoms with Crippen LogP contribution in [-0.2, 0) is 7.05 Å². The molecule has 0 spiro atoms. The van der Waals surface area contributed by atoms with E-state index >= 15 is 0 Å². The van der Waals surface area contributed by atoms with Crippen molar-refractivity contribution in [1.82, 2.24) is 9.78 Å². The highest BCUT2D eigenvalue weighted by atomic mass is 35.5. The maximum Gasteiger partial charge on any atom is 0.124 e. The summed E-state index contributed by atoms with van der Waals surface area (Å²) in [5.41, 5.74) is 4.18. The number of anilines is 1. The topological polar surface area (TPSA) is 39.1 Å². The molecule has 2 aromatic rings. The number of aryl methyl sites for hydroxylation is 2. The summed E-state index contributed by atoms with van der Waals surface area (Å²) in [6.45, 7) is 6.13. The van der Waals surface area contributed by atoms with Gasteiger partial charge < -0.3 is 10.1 Å². The third-order valence-electron chi connectivity index (χ3n) is 3.53. The van der Waals surface area contributed by atoms with Crippen molar-refractivity contribution in [3.8, 4) is 5.75 Å². The van der Waals surface area contributed by atoms with Crippen LogP contribution in [0.1, 0.15) is 29.9 Å². The molecule has 0 amide bonds. The molecule has 1 heterocycles. The van der Waals surface area contributed by atoms with Gasteiger partial charge in [-0.05, 0) is 39.0 Å². The van der Waals surface area contributed by atoms with Crippen molar-refractivity contribution in [3.05, 3.63) is 40.2 Å². The molecule has 0 aliphatic heterocycles. The van der Waals surface area contributed by atoms with Crippen LogP contribution < -0.4 is 10.1 Å². The molecule has 1 aromatic carbocycles. The van der Waals surface area contributed by atoms with Gasteiger partial charge >= 0.3 is 0 Å². The Labute approximate surface area is 124 Å². The first-order valence-electron chi connectivity index (χ1n) is 6.54. The molecule has 108 valence electrons. The molecule has 2 rings (SSSR count). The second-order valence-corrected chi connectivity index (χ2v) is 5.36. The highest BCUT2D eigenvalue weighted by Gasteiger charge is 2.16. The first kappa shape index (κ1) is 14.7. The Kier molecular flexibility index (Phi) is 4.23. The van der Waals surface area contributed by atoms with Crippen LogP contribution in [-0.4, -0.2) is 16.9 Å². The summed E-state index contributed by atoms with van der Waals surface area (Å²) in [5.74, 6) is 0.827. The standard InChI is InChI=1S/C15H20ClN3O/c1-9(13-8-12(16)6-7-14(13)20-5)17-15-10(2)18-19(4)11(15)3/h6-9,17H,1-5H3. The van der Waals surface area contributed by atoms with Gasteiger partial charge in [-0.15, -0.1) is 0 Å². The maximum atomic E-state index is 6.09. The minimum Gasteiger partial charge on any atom is -0.496 e. The zero-order chi connectivity index (χ0) is 14.9. The second kappa shape index (κ2) is 5.75.